The number of carbonyl (C=O) groups excluding carboxylic acids is 1. The van der Waals surface area contributed by atoms with Gasteiger partial charge in [-0.3, -0.25) is 4.79 Å². The Morgan fingerprint density at radius 2 is 2.04 bits per heavy atom. The third-order valence-corrected chi connectivity index (χ3v) is 4.38. The SMILES string of the molecule is COCC1(C(=O)Nc2ccc(-c3ncc[nH]3)cc2)CCNCC1. The van der Waals surface area contributed by atoms with Crippen LogP contribution in [0.5, 0.6) is 0 Å². The zero-order chi connectivity index (χ0) is 16.1. The van der Waals surface area contributed by atoms with E-state index in [4.69, 9.17) is 4.74 Å². The largest absolute Gasteiger partial charge is 0.384 e. The summed E-state index contributed by atoms with van der Waals surface area (Å²) in [5, 5.41) is 6.33. The number of amides is 1. The van der Waals surface area contributed by atoms with Crippen LogP contribution in [-0.4, -0.2) is 42.7 Å². The van der Waals surface area contributed by atoms with Crippen molar-refractivity contribution in [1.82, 2.24) is 15.3 Å². The minimum Gasteiger partial charge on any atom is -0.384 e. The summed E-state index contributed by atoms with van der Waals surface area (Å²) < 4.78 is 5.31. The first-order chi connectivity index (χ1) is 11.2. The van der Waals surface area contributed by atoms with Crippen LogP contribution in [0, 0.1) is 5.41 Å². The number of rotatable bonds is 5. The van der Waals surface area contributed by atoms with Gasteiger partial charge in [-0.2, -0.15) is 0 Å². The van der Waals surface area contributed by atoms with Crippen LogP contribution in [0.1, 0.15) is 12.8 Å². The number of H-pyrrole nitrogens is 1. The summed E-state index contributed by atoms with van der Waals surface area (Å²) >= 11 is 0. The average molecular weight is 314 g/mol. The second-order valence-electron chi connectivity index (χ2n) is 5.93. The molecule has 1 fully saturated rings. The number of ether oxygens (including phenoxy) is 1. The predicted molar refractivity (Wildman–Crippen MR) is 89.1 cm³/mol. The predicted octanol–water partition coefficient (Wildman–Crippen LogP) is 2.03. The van der Waals surface area contributed by atoms with Gasteiger partial charge in [-0.1, -0.05) is 0 Å². The number of nitrogens with one attached hydrogen (secondary N) is 3. The number of nitrogens with zero attached hydrogens (tertiary/aromatic N) is 1. The Morgan fingerprint density at radius 1 is 1.30 bits per heavy atom. The summed E-state index contributed by atoms with van der Waals surface area (Å²) in [6.07, 6.45) is 5.08. The van der Waals surface area contributed by atoms with Crippen LogP contribution in [0.3, 0.4) is 0 Å². The van der Waals surface area contributed by atoms with E-state index in [0.717, 1.165) is 43.0 Å². The van der Waals surface area contributed by atoms with Gasteiger partial charge < -0.3 is 20.4 Å². The fraction of sp³-hybridized carbons (Fsp3) is 0.412. The topological polar surface area (TPSA) is 79.0 Å². The van der Waals surface area contributed by atoms with E-state index in [1.807, 2.05) is 24.3 Å². The molecule has 1 aromatic heterocycles. The van der Waals surface area contributed by atoms with Crippen molar-refractivity contribution in [3.05, 3.63) is 36.7 Å². The monoisotopic (exact) mass is 314 g/mol. The first kappa shape index (κ1) is 15.7. The molecule has 23 heavy (non-hydrogen) atoms. The van der Waals surface area contributed by atoms with Crippen molar-refractivity contribution < 1.29 is 9.53 Å². The highest BCUT2D eigenvalue weighted by atomic mass is 16.5. The van der Waals surface area contributed by atoms with Gasteiger partial charge in [0.05, 0.1) is 12.0 Å². The van der Waals surface area contributed by atoms with E-state index >= 15 is 0 Å². The first-order valence-electron chi connectivity index (χ1n) is 7.84. The molecule has 6 nitrogen and oxygen atoms in total. The standard InChI is InChI=1S/C17H22N4O2/c1-23-12-17(6-8-18-9-7-17)16(22)21-14-4-2-13(3-5-14)15-19-10-11-20-15/h2-5,10-11,18H,6-9,12H2,1H3,(H,19,20)(H,21,22). The van der Waals surface area contributed by atoms with Crippen LogP contribution in [-0.2, 0) is 9.53 Å². The maximum atomic E-state index is 12.8. The molecular weight excluding hydrogens is 292 g/mol. The molecule has 6 heteroatoms. The van der Waals surface area contributed by atoms with E-state index < -0.39 is 5.41 Å². The van der Waals surface area contributed by atoms with Gasteiger partial charge in [0.2, 0.25) is 5.91 Å². The van der Waals surface area contributed by atoms with Crippen LogP contribution < -0.4 is 10.6 Å². The summed E-state index contributed by atoms with van der Waals surface area (Å²) in [7, 11) is 1.65. The molecule has 0 bridgehead atoms. The zero-order valence-electron chi connectivity index (χ0n) is 13.3. The number of aromatic amines is 1. The summed E-state index contributed by atoms with van der Waals surface area (Å²) in [5.41, 5.74) is 1.33. The van der Waals surface area contributed by atoms with Gasteiger partial charge in [-0.25, -0.2) is 4.98 Å². The van der Waals surface area contributed by atoms with Crippen molar-refractivity contribution in [2.45, 2.75) is 12.8 Å². The molecule has 1 aliphatic heterocycles. The van der Waals surface area contributed by atoms with Gasteiger partial charge in [0, 0.05) is 30.8 Å². The zero-order valence-corrected chi connectivity index (χ0v) is 13.3. The number of hydrogen-bond donors (Lipinski definition) is 3. The van der Waals surface area contributed by atoms with Gasteiger partial charge in [0.25, 0.3) is 0 Å². The second-order valence-corrected chi connectivity index (χ2v) is 5.93. The minimum atomic E-state index is -0.445. The number of aromatic nitrogens is 2. The minimum absolute atomic E-state index is 0.0339. The lowest BCUT2D eigenvalue weighted by Gasteiger charge is -2.35. The van der Waals surface area contributed by atoms with Gasteiger partial charge in [0.15, 0.2) is 0 Å². The molecule has 1 saturated heterocycles. The van der Waals surface area contributed by atoms with E-state index in [2.05, 4.69) is 20.6 Å². The number of piperidine rings is 1. The van der Waals surface area contributed by atoms with Crippen LogP contribution >= 0.6 is 0 Å². The quantitative estimate of drug-likeness (QED) is 0.789. The molecular formula is C17H22N4O2. The van der Waals surface area contributed by atoms with Gasteiger partial charge in [-0.05, 0) is 50.2 Å². The molecule has 1 aliphatic rings. The van der Waals surface area contributed by atoms with Crippen molar-refractivity contribution in [3.63, 3.8) is 0 Å². The fourth-order valence-electron chi connectivity index (χ4n) is 3.02. The fourth-order valence-corrected chi connectivity index (χ4v) is 3.02. The number of carbonyl (C=O) groups is 1. The Kier molecular flexibility index (Phi) is 4.73. The van der Waals surface area contributed by atoms with E-state index in [9.17, 15) is 4.79 Å². The molecule has 0 spiro atoms. The Balaban J connectivity index is 1.71. The highest BCUT2D eigenvalue weighted by Crippen LogP contribution is 2.31. The van der Waals surface area contributed by atoms with Crippen LogP contribution in [0.15, 0.2) is 36.7 Å². The average Bonchev–Trinajstić information content (AvgIpc) is 3.11. The molecule has 0 aliphatic carbocycles. The molecule has 3 rings (SSSR count). The van der Waals surface area contributed by atoms with Crippen LogP contribution in [0.4, 0.5) is 5.69 Å². The molecule has 1 amide bonds. The van der Waals surface area contributed by atoms with E-state index in [-0.39, 0.29) is 5.91 Å². The number of anilines is 1. The number of methoxy groups -OCH3 is 1. The first-order valence-corrected chi connectivity index (χ1v) is 7.84. The van der Waals surface area contributed by atoms with Crippen molar-refractivity contribution in [3.8, 4) is 11.4 Å². The number of hydrogen-bond acceptors (Lipinski definition) is 4. The third-order valence-electron chi connectivity index (χ3n) is 4.38. The van der Waals surface area contributed by atoms with E-state index in [1.165, 1.54) is 0 Å². The molecule has 0 saturated carbocycles. The molecule has 1 aromatic carbocycles. The molecule has 0 radical (unpaired) electrons. The van der Waals surface area contributed by atoms with Crippen molar-refractivity contribution in [2.75, 3.05) is 32.1 Å². The van der Waals surface area contributed by atoms with E-state index in [0.29, 0.717) is 6.61 Å². The normalized spacial score (nSPS) is 16.9. The Labute approximate surface area is 135 Å². The van der Waals surface area contributed by atoms with Crippen molar-refractivity contribution >= 4 is 11.6 Å². The molecule has 3 N–H and O–H groups in total. The maximum absolute atomic E-state index is 12.8. The second kappa shape index (κ2) is 6.93. The summed E-state index contributed by atoms with van der Waals surface area (Å²) in [6, 6.07) is 7.69. The lowest BCUT2D eigenvalue weighted by atomic mass is 9.78. The molecule has 2 heterocycles. The number of imidazole rings is 1. The number of benzene rings is 1. The Hall–Kier alpha value is -2.18. The Bertz CT molecular complexity index is 626. The Morgan fingerprint density at radius 3 is 2.65 bits per heavy atom. The highest BCUT2D eigenvalue weighted by molar-refractivity contribution is 5.95. The summed E-state index contributed by atoms with van der Waals surface area (Å²) in [4.78, 5) is 20.0. The van der Waals surface area contributed by atoms with Crippen molar-refractivity contribution in [1.29, 1.82) is 0 Å². The van der Waals surface area contributed by atoms with E-state index in [1.54, 1.807) is 19.5 Å². The molecule has 0 atom stereocenters. The summed E-state index contributed by atoms with van der Waals surface area (Å²) in [6.45, 7) is 2.13. The van der Waals surface area contributed by atoms with Crippen LogP contribution in [0.2, 0.25) is 0 Å². The molecule has 122 valence electrons. The summed E-state index contributed by atoms with van der Waals surface area (Å²) in [5.74, 6) is 0.851. The van der Waals surface area contributed by atoms with Crippen molar-refractivity contribution in [2.24, 2.45) is 5.41 Å². The third kappa shape index (κ3) is 3.43. The maximum Gasteiger partial charge on any atom is 0.233 e. The highest BCUT2D eigenvalue weighted by Gasteiger charge is 2.39. The molecule has 2 aromatic rings. The van der Waals surface area contributed by atoms with Gasteiger partial charge in [0.1, 0.15) is 5.82 Å². The van der Waals surface area contributed by atoms with Crippen LogP contribution in [0.25, 0.3) is 11.4 Å². The van der Waals surface area contributed by atoms with Gasteiger partial charge >= 0.3 is 0 Å². The molecule has 0 unspecified atom stereocenters. The lowest BCUT2D eigenvalue weighted by Crippen LogP contribution is -2.47. The smallest absolute Gasteiger partial charge is 0.233 e. The van der Waals surface area contributed by atoms with Gasteiger partial charge in [-0.15, -0.1) is 0 Å². The lowest BCUT2D eigenvalue weighted by molar-refractivity contribution is -0.130.